The van der Waals surface area contributed by atoms with Gasteiger partial charge in [-0.2, -0.15) is 0 Å². The molecule has 2 aromatic carbocycles. The van der Waals surface area contributed by atoms with Crippen molar-refractivity contribution in [3.63, 3.8) is 0 Å². The van der Waals surface area contributed by atoms with Crippen LogP contribution in [0.25, 0.3) is 22.5 Å². The monoisotopic (exact) mass is 770 g/mol. The van der Waals surface area contributed by atoms with Crippen LogP contribution in [0, 0.1) is 11.6 Å². The summed E-state index contributed by atoms with van der Waals surface area (Å²) in [6.07, 6.45) is 9.89. The Kier molecular flexibility index (Phi) is 10.7. The van der Waals surface area contributed by atoms with Crippen molar-refractivity contribution in [1.82, 2.24) is 27.7 Å². The smallest absolute Gasteiger partial charge is 0.269 e. The third kappa shape index (κ3) is 7.74. The van der Waals surface area contributed by atoms with E-state index in [-0.39, 0.29) is 45.4 Å². The van der Waals surface area contributed by atoms with E-state index in [1.165, 1.54) is 134 Å². The van der Waals surface area contributed by atoms with Gasteiger partial charge in [0, 0.05) is 87.6 Å². The molecule has 6 aromatic rings. The van der Waals surface area contributed by atoms with E-state index in [4.69, 9.17) is 0 Å². The lowest BCUT2D eigenvalue weighted by molar-refractivity contribution is -0.127. The maximum atomic E-state index is 14.9. The number of aromatic nitrogens is 4. The number of rotatable bonds is 12. The first-order valence-electron chi connectivity index (χ1n) is 16.2. The van der Waals surface area contributed by atoms with Crippen LogP contribution in [0.2, 0.25) is 0 Å². The van der Waals surface area contributed by atoms with Gasteiger partial charge < -0.3 is 9.80 Å². The minimum absolute atomic E-state index is 0.0322. The lowest BCUT2D eigenvalue weighted by Crippen LogP contribution is -2.27. The summed E-state index contributed by atoms with van der Waals surface area (Å²) >= 11 is 0. The number of pyridine rings is 2. The normalized spacial score (nSPS) is 11.9. The van der Waals surface area contributed by atoms with Crippen molar-refractivity contribution < 1.29 is 35.2 Å². The van der Waals surface area contributed by atoms with Crippen molar-refractivity contribution >= 4 is 31.9 Å². The Morgan fingerprint density at radius 2 is 1.02 bits per heavy atom. The Morgan fingerprint density at radius 3 is 1.37 bits per heavy atom. The third-order valence-electron chi connectivity index (χ3n) is 8.33. The summed E-state index contributed by atoms with van der Waals surface area (Å²) in [7, 11) is -5.51. The highest BCUT2D eigenvalue weighted by atomic mass is 32.2. The second kappa shape index (κ2) is 15.4. The molecular formula is C38H32F2N6O6S2. The maximum absolute atomic E-state index is 14.9. The molecule has 0 saturated carbocycles. The lowest BCUT2D eigenvalue weighted by atomic mass is 10.1. The maximum Gasteiger partial charge on any atom is 0.269 e. The van der Waals surface area contributed by atoms with Crippen LogP contribution in [0.15, 0.2) is 144 Å². The molecule has 54 heavy (non-hydrogen) atoms. The molecule has 0 unspecified atom stereocenters. The molecule has 0 aliphatic rings. The van der Waals surface area contributed by atoms with Crippen LogP contribution in [-0.4, -0.2) is 70.5 Å². The Morgan fingerprint density at radius 1 is 0.630 bits per heavy atom. The summed E-state index contributed by atoms with van der Waals surface area (Å²) in [6.45, 7) is -0.191. The molecule has 0 bridgehead atoms. The number of amides is 2. The molecule has 2 amide bonds. The fourth-order valence-electron chi connectivity index (χ4n) is 5.62. The van der Waals surface area contributed by atoms with Gasteiger partial charge >= 0.3 is 0 Å². The molecule has 0 spiro atoms. The number of carbonyl (C=O) groups is 2. The van der Waals surface area contributed by atoms with Crippen LogP contribution in [0.3, 0.4) is 0 Å². The Labute approximate surface area is 310 Å². The third-order valence-corrected chi connectivity index (χ3v) is 11.6. The van der Waals surface area contributed by atoms with Gasteiger partial charge in [-0.05, 0) is 71.8 Å². The second-order valence-electron chi connectivity index (χ2n) is 12.1. The fourth-order valence-corrected chi connectivity index (χ4v) is 8.33. The predicted molar refractivity (Wildman–Crippen MR) is 195 cm³/mol. The molecule has 0 N–H and O–H groups in total. The number of nitrogens with zero attached hydrogens (tertiary/aromatic N) is 6. The zero-order valence-corrected chi connectivity index (χ0v) is 30.5. The first kappa shape index (κ1) is 37.5. The van der Waals surface area contributed by atoms with Gasteiger partial charge in [0.15, 0.2) is 0 Å². The topological polar surface area (TPSA) is 145 Å². The fraction of sp³-hybridized carbons (Fsp3) is 0.105. The van der Waals surface area contributed by atoms with E-state index in [1.54, 1.807) is 12.1 Å². The van der Waals surface area contributed by atoms with Crippen LogP contribution in [0.1, 0.15) is 11.1 Å². The number of hydrogen-bond donors (Lipinski definition) is 0. The minimum atomic E-state index is -4.20. The van der Waals surface area contributed by atoms with Gasteiger partial charge in [0.1, 0.15) is 21.4 Å². The second-order valence-corrected chi connectivity index (χ2v) is 15.8. The van der Waals surface area contributed by atoms with Crippen LogP contribution >= 0.6 is 0 Å². The van der Waals surface area contributed by atoms with Gasteiger partial charge in [-0.15, -0.1) is 0 Å². The summed E-state index contributed by atoms with van der Waals surface area (Å²) < 4.78 is 86.0. The SMILES string of the molecule is CN(Cc1cc(-c2ccccc2F)n(S(=O)(=O)c2cccnc2)c1)C(=O)/C=C/C(=O)N(C)Cc1cc(-c2ccccc2F)n(S(=O)(=O)c2cccnc2)c1. The molecule has 4 aromatic heterocycles. The molecule has 0 aliphatic heterocycles. The highest BCUT2D eigenvalue weighted by Gasteiger charge is 2.26. The molecule has 0 saturated heterocycles. The molecule has 0 aliphatic carbocycles. The molecule has 0 atom stereocenters. The lowest BCUT2D eigenvalue weighted by Gasteiger charge is -2.16. The van der Waals surface area contributed by atoms with Crippen LogP contribution in [0.4, 0.5) is 8.78 Å². The molecule has 16 heteroatoms. The molecule has 6 rings (SSSR count). The zero-order chi connectivity index (χ0) is 38.6. The average molecular weight is 771 g/mol. The highest BCUT2D eigenvalue weighted by Crippen LogP contribution is 2.31. The van der Waals surface area contributed by atoms with Crippen molar-refractivity contribution in [2.75, 3.05) is 14.1 Å². The minimum Gasteiger partial charge on any atom is -0.338 e. The van der Waals surface area contributed by atoms with Crippen LogP contribution in [0.5, 0.6) is 0 Å². The molecule has 276 valence electrons. The van der Waals surface area contributed by atoms with E-state index in [2.05, 4.69) is 9.97 Å². The number of likely N-dealkylation sites (N-methyl/N-ethyl adjacent to an activating group) is 2. The van der Waals surface area contributed by atoms with E-state index in [9.17, 15) is 35.2 Å². The first-order valence-corrected chi connectivity index (χ1v) is 19.1. The predicted octanol–water partition coefficient (Wildman–Crippen LogP) is 5.34. The van der Waals surface area contributed by atoms with Gasteiger partial charge in [-0.25, -0.2) is 33.6 Å². The average Bonchev–Trinajstić information content (AvgIpc) is 3.80. The van der Waals surface area contributed by atoms with Gasteiger partial charge in [-0.3, -0.25) is 19.6 Å². The van der Waals surface area contributed by atoms with Crippen LogP contribution in [-0.2, 0) is 42.7 Å². The van der Waals surface area contributed by atoms with Crippen molar-refractivity contribution in [2.45, 2.75) is 22.9 Å². The molecule has 12 nitrogen and oxygen atoms in total. The van der Waals surface area contributed by atoms with Crippen molar-refractivity contribution in [2.24, 2.45) is 0 Å². The quantitative estimate of drug-likeness (QED) is 0.152. The number of halogens is 2. The van der Waals surface area contributed by atoms with E-state index < -0.39 is 43.5 Å². The van der Waals surface area contributed by atoms with Crippen LogP contribution < -0.4 is 0 Å². The summed E-state index contributed by atoms with van der Waals surface area (Å²) in [5, 5.41) is 0. The molecule has 0 radical (unpaired) electrons. The molecular weight excluding hydrogens is 739 g/mol. The largest absolute Gasteiger partial charge is 0.338 e. The van der Waals surface area contributed by atoms with Crippen molar-refractivity contribution in [3.05, 3.63) is 157 Å². The zero-order valence-electron chi connectivity index (χ0n) is 28.8. The molecule has 4 heterocycles. The Balaban J connectivity index is 1.20. The van der Waals surface area contributed by atoms with Crippen molar-refractivity contribution in [1.29, 1.82) is 0 Å². The Bertz CT molecular complexity index is 2410. The summed E-state index contributed by atoms with van der Waals surface area (Å²) in [5.74, 6) is -2.48. The summed E-state index contributed by atoms with van der Waals surface area (Å²) in [6, 6.07) is 20.0. The van der Waals surface area contributed by atoms with Gasteiger partial charge in [0.2, 0.25) is 11.8 Å². The summed E-state index contributed by atoms with van der Waals surface area (Å²) in [4.78, 5) is 36.3. The van der Waals surface area contributed by atoms with E-state index in [1.807, 2.05) is 0 Å². The van der Waals surface area contributed by atoms with Gasteiger partial charge in [-0.1, -0.05) is 24.3 Å². The van der Waals surface area contributed by atoms with E-state index in [0.717, 1.165) is 20.1 Å². The van der Waals surface area contributed by atoms with E-state index >= 15 is 0 Å². The van der Waals surface area contributed by atoms with E-state index in [0.29, 0.717) is 11.1 Å². The first-order chi connectivity index (χ1) is 25.8. The molecule has 0 fully saturated rings. The van der Waals surface area contributed by atoms with Gasteiger partial charge in [0.25, 0.3) is 20.0 Å². The van der Waals surface area contributed by atoms with Crippen molar-refractivity contribution in [3.8, 4) is 22.5 Å². The number of carbonyl (C=O) groups excluding carboxylic acids is 2. The number of hydrogen-bond acceptors (Lipinski definition) is 8. The number of benzene rings is 2. The standard InChI is InChI=1S/C38H32F2N6O6S2/c1-43(23-27-19-35(31-11-3-5-13-33(31)39)45(25-27)53(49,50)29-9-7-17-41-21-29)37(47)15-16-38(48)44(2)24-28-20-36(32-12-4-6-14-34(32)40)46(26-28)54(51,52)30-10-8-18-42-22-30/h3-22,25-26H,23-24H2,1-2H3/b16-15+. The Hall–Kier alpha value is -6.26. The van der Waals surface area contributed by atoms with Gasteiger partial charge in [0.05, 0.1) is 11.4 Å². The summed E-state index contributed by atoms with van der Waals surface area (Å²) in [5.41, 5.74) is 0.880. The highest BCUT2D eigenvalue weighted by molar-refractivity contribution is 7.90.